The van der Waals surface area contributed by atoms with Crippen LogP contribution in [0.1, 0.15) is 25.3 Å². The first kappa shape index (κ1) is 19.1. The monoisotopic (exact) mass is 346 g/mol. The van der Waals surface area contributed by atoms with Crippen LogP contribution in [0.3, 0.4) is 0 Å². The molecule has 1 aromatic carbocycles. The summed E-state index contributed by atoms with van der Waals surface area (Å²) >= 11 is 5.90. The van der Waals surface area contributed by atoms with E-state index in [9.17, 15) is 4.79 Å². The van der Waals surface area contributed by atoms with Crippen molar-refractivity contribution in [1.82, 2.24) is 4.90 Å². The molecule has 1 unspecified atom stereocenters. The maximum absolute atomic E-state index is 12.2. The number of hydrogen-bond acceptors (Lipinski definition) is 3. The number of benzene rings is 1. The highest BCUT2D eigenvalue weighted by Crippen LogP contribution is 2.23. The Labute approximate surface area is 143 Å². The number of ether oxygens (including phenoxy) is 1. The topological polar surface area (TPSA) is 55.6 Å². The molecule has 0 radical (unpaired) electrons. The molecule has 124 valence electrons. The van der Waals surface area contributed by atoms with Gasteiger partial charge in [-0.1, -0.05) is 11.6 Å². The summed E-state index contributed by atoms with van der Waals surface area (Å²) in [5, 5.41) is 0.671. The number of nitrogens with zero attached hydrogens (tertiary/aromatic N) is 1. The first-order chi connectivity index (χ1) is 9.97. The quantitative estimate of drug-likeness (QED) is 0.911. The number of rotatable bonds is 4. The Balaban J connectivity index is 0.00000242. The molecule has 2 rings (SSSR count). The maximum atomic E-state index is 12.2. The predicted octanol–water partition coefficient (Wildman–Crippen LogP) is 3.03. The summed E-state index contributed by atoms with van der Waals surface area (Å²) in [5.74, 6) is 1.26. The molecule has 1 heterocycles. The van der Waals surface area contributed by atoms with E-state index in [1.807, 2.05) is 24.8 Å². The molecule has 1 saturated heterocycles. The average Bonchev–Trinajstić information content (AvgIpc) is 2.46. The van der Waals surface area contributed by atoms with Crippen molar-refractivity contribution in [3.05, 3.63) is 28.8 Å². The second-order valence-corrected chi connectivity index (χ2v) is 6.21. The number of nitrogens with two attached hydrogens (primary N) is 1. The molecule has 1 aliphatic rings. The summed E-state index contributed by atoms with van der Waals surface area (Å²) in [5.41, 5.74) is 6.85. The SMILES string of the molecule is Cc1cc(Cl)ccc1OCC(=O)N1CCC(C(C)N)CC1.Cl. The first-order valence-corrected chi connectivity index (χ1v) is 7.77. The molecule has 0 aliphatic carbocycles. The van der Waals surface area contributed by atoms with Crippen molar-refractivity contribution in [2.75, 3.05) is 19.7 Å². The number of carbonyl (C=O) groups is 1. The summed E-state index contributed by atoms with van der Waals surface area (Å²) in [6, 6.07) is 5.60. The van der Waals surface area contributed by atoms with E-state index in [0.717, 1.165) is 31.5 Å². The number of aryl methyl sites for hydroxylation is 1. The van der Waals surface area contributed by atoms with Crippen molar-refractivity contribution in [2.24, 2.45) is 11.7 Å². The van der Waals surface area contributed by atoms with Crippen LogP contribution < -0.4 is 10.5 Å². The Morgan fingerprint density at radius 2 is 2.09 bits per heavy atom. The molecule has 22 heavy (non-hydrogen) atoms. The van der Waals surface area contributed by atoms with E-state index in [0.29, 0.717) is 16.7 Å². The lowest BCUT2D eigenvalue weighted by Crippen LogP contribution is -2.44. The zero-order chi connectivity index (χ0) is 15.4. The standard InChI is InChI=1S/C16H23ClN2O2.ClH/c1-11-9-14(17)3-4-15(11)21-10-16(20)19-7-5-13(6-8-19)12(2)18;/h3-4,9,12-13H,5-8,10,18H2,1-2H3;1H. The molecule has 1 fully saturated rings. The lowest BCUT2D eigenvalue weighted by molar-refractivity contribution is -0.134. The van der Waals surface area contributed by atoms with Crippen LogP contribution in [0, 0.1) is 12.8 Å². The normalized spacial score (nSPS) is 16.8. The minimum absolute atomic E-state index is 0. The number of hydrogen-bond donors (Lipinski definition) is 1. The first-order valence-electron chi connectivity index (χ1n) is 7.39. The molecule has 6 heteroatoms. The number of amides is 1. The highest BCUT2D eigenvalue weighted by Gasteiger charge is 2.24. The van der Waals surface area contributed by atoms with E-state index < -0.39 is 0 Å². The van der Waals surface area contributed by atoms with Gasteiger partial charge in [-0.05, 0) is 56.4 Å². The van der Waals surface area contributed by atoms with Gasteiger partial charge in [0.1, 0.15) is 5.75 Å². The Morgan fingerprint density at radius 3 is 2.64 bits per heavy atom. The van der Waals surface area contributed by atoms with Gasteiger partial charge in [-0.3, -0.25) is 4.79 Å². The van der Waals surface area contributed by atoms with E-state index in [2.05, 4.69) is 0 Å². The molecule has 4 nitrogen and oxygen atoms in total. The molecule has 2 N–H and O–H groups in total. The molecule has 1 aromatic rings. The van der Waals surface area contributed by atoms with Crippen LogP contribution in [-0.4, -0.2) is 36.5 Å². The van der Waals surface area contributed by atoms with Crippen molar-refractivity contribution in [3.63, 3.8) is 0 Å². The molecule has 1 aliphatic heterocycles. The number of carbonyl (C=O) groups excluding carboxylic acids is 1. The second-order valence-electron chi connectivity index (χ2n) is 5.78. The molecular weight excluding hydrogens is 323 g/mol. The van der Waals surface area contributed by atoms with Crippen molar-refractivity contribution < 1.29 is 9.53 Å². The molecular formula is C16H24Cl2N2O2. The molecule has 0 aromatic heterocycles. The Hall–Kier alpha value is -0.970. The molecule has 1 amide bonds. The predicted molar refractivity (Wildman–Crippen MR) is 91.9 cm³/mol. The van der Waals surface area contributed by atoms with E-state index in [1.165, 1.54) is 0 Å². The minimum Gasteiger partial charge on any atom is -0.483 e. The maximum Gasteiger partial charge on any atom is 0.260 e. The minimum atomic E-state index is 0. The number of piperidine rings is 1. The fraction of sp³-hybridized carbons (Fsp3) is 0.562. The third-order valence-corrected chi connectivity index (χ3v) is 4.36. The third kappa shape index (κ3) is 5.04. The number of likely N-dealkylation sites (tertiary alicyclic amines) is 1. The Bertz CT molecular complexity index is 501. The Morgan fingerprint density at radius 1 is 1.45 bits per heavy atom. The van der Waals surface area contributed by atoms with Gasteiger partial charge in [-0.25, -0.2) is 0 Å². The van der Waals surface area contributed by atoms with Crippen LogP contribution in [0.4, 0.5) is 0 Å². The van der Waals surface area contributed by atoms with E-state index >= 15 is 0 Å². The fourth-order valence-electron chi connectivity index (χ4n) is 2.68. The van der Waals surface area contributed by atoms with Gasteiger partial charge in [0.25, 0.3) is 5.91 Å². The van der Waals surface area contributed by atoms with Gasteiger partial charge < -0.3 is 15.4 Å². The van der Waals surface area contributed by atoms with Crippen LogP contribution in [0.5, 0.6) is 5.75 Å². The molecule has 0 saturated carbocycles. The molecule has 1 atom stereocenters. The molecule has 0 spiro atoms. The van der Waals surface area contributed by atoms with E-state index in [4.69, 9.17) is 22.1 Å². The summed E-state index contributed by atoms with van der Waals surface area (Å²) in [4.78, 5) is 14.0. The van der Waals surface area contributed by atoms with Gasteiger partial charge in [0.05, 0.1) is 0 Å². The summed E-state index contributed by atoms with van der Waals surface area (Å²) in [7, 11) is 0. The summed E-state index contributed by atoms with van der Waals surface area (Å²) < 4.78 is 5.61. The summed E-state index contributed by atoms with van der Waals surface area (Å²) in [6.45, 7) is 5.57. The second kappa shape index (κ2) is 8.61. The van der Waals surface area contributed by atoms with Crippen molar-refractivity contribution in [2.45, 2.75) is 32.7 Å². The van der Waals surface area contributed by atoms with Crippen LogP contribution in [0.15, 0.2) is 18.2 Å². The van der Waals surface area contributed by atoms with Crippen molar-refractivity contribution in [1.29, 1.82) is 0 Å². The van der Waals surface area contributed by atoms with Crippen molar-refractivity contribution >= 4 is 29.9 Å². The third-order valence-electron chi connectivity index (χ3n) is 4.12. The Kier molecular flexibility index (Phi) is 7.46. The smallest absolute Gasteiger partial charge is 0.260 e. The lowest BCUT2D eigenvalue weighted by Gasteiger charge is -2.33. The fourth-order valence-corrected chi connectivity index (χ4v) is 2.91. The largest absolute Gasteiger partial charge is 0.483 e. The van der Waals surface area contributed by atoms with Gasteiger partial charge >= 0.3 is 0 Å². The lowest BCUT2D eigenvalue weighted by atomic mass is 9.91. The van der Waals surface area contributed by atoms with E-state index in [-0.39, 0.29) is 31.0 Å². The van der Waals surface area contributed by atoms with Gasteiger partial charge in [-0.2, -0.15) is 0 Å². The van der Waals surface area contributed by atoms with Gasteiger partial charge in [-0.15, -0.1) is 12.4 Å². The van der Waals surface area contributed by atoms with Crippen LogP contribution in [0.2, 0.25) is 5.02 Å². The van der Waals surface area contributed by atoms with Gasteiger partial charge in [0.2, 0.25) is 0 Å². The summed E-state index contributed by atoms with van der Waals surface area (Å²) in [6.07, 6.45) is 1.95. The average molecular weight is 347 g/mol. The van der Waals surface area contributed by atoms with Gasteiger partial charge in [0.15, 0.2) is 6.61 Å². The highest BCUT2D eigenvalue weighted by atomic mass is 35.5. The highest BCUT2D eigenvalue weighted by molar-refractivity contribution is 6.30. The molecule has 0 bridgehead atoms. The van der Waals surface area contributed by atoms with Crippen LogP contribution in [0.25, 0.3) is 0 Å². The van der Waals surface area contributed by atoms with Crippen molar-refractivity contribution in [3.8, 4) is 5.75 Å². The zero-order valence-corrected chi connectivity index (χ0v) is 14.6. The zero-order valence-electron chi connectivity index (χ0n) is 13.0. The van der Waals surface area contributed by atoms with Gasteiger partial charge in [0, 0.05) is 24.2 Å². The number of halogens is 2. The van der Waals surface area contributed by atoms with Crippen LogP contribution in [-0.2, 0) is 4.79 Å². The van der Waals surface area contributed by atoms with E-state index in [1.54, 1.807) is 12.1 Å². The van der Waals surface area contributed by atoms with Crippen LogP contribution >= 0.6 is 24.0 Å².